The van der Waals surface area contributed by atoms with Gasteiger partial charge in [-0.1, -0.05) is 12.1 Å². The number of nitrogens with one attached hydrogen (secondary N) is 1. The molecule has 0 atom stereocenters. The van der Waals surface area contributed by atoms with Crippen molar-refractivity contribution in [3.8, 4) is 0 Å². The summed E-state index contributed by atoms with van der Waals surface area (Å²) >= 11 is 1.85. The normalized spacial score (nSPS) is 19.4. The molecule has 0 aliphatic heterocycles. The average molecular weight is 272 g/mol. The van der Waals surface area contributed by atoms with Crippen molar-refractivity contribution < 1.29 is 0 Å². The zero-order valence-electron chi connectivity index (χ0n) is 11.1. The van der Waals surface area contributed by atoms with Crippen LogP contribution in [0.1, 0.15) is 30.7 Å². The highest BCUT2D eigenvalue weighted by Crippen LogP contribution is 2.44. The Balaban J connectivity index is 1.36. The van der Waals surface area contributed by atoms with Crippen molar-refractivity contribution >= 4 is 21.6 Å². The summed E-state index contributed by atoms with van der Waals surface area (Å²) in [4.78, 5) is 4.71. The molecule has 0 bridgehead atoms. The highest BCUT2D eigenvalue weighted by molar-refractivity contribution is 7.18. The molecular weight excluding hydrogens is 252 g/mol. The van der Waals surface area contributed by atoms with Crippen molar-refractivity contribution in [2.24, 2.45) is 11.8 Å². The zero-order valence-corrected chi connectivity index (χ0v) is 12.0. The number of hydrogen-bond donors (Lipinski definition) is 1. The summed E-state index contributed by atoms with van der Waals surface area (Å²) in [5.41, 5.74) is 1.16. The van der Waals surface area contributed by atoms with E-state index in [9.17, 15) is 0 Å². The Bertz CT molecular complexity index is 524. The van der Waals surface area contributed by atoms with Crippen LogP contribution in [0.4, 0.5) is 0 Å². The first-order valence-corrected chi connectivity index (χ1v) is 8.29. The van der Waals surface area contributed by atoms with Crippen molar-refractivity contribution in [2.75, 3.05) is 6.54 Å². The first-order valence-electron chi connectivity index (χ1n) is 7.48. The predicted octanol–water partition coefficient (Wildman–Crippen LogP) is 3.62. The van der Waals surface area contributed by atoms with Crippen LogP contribution in [0.3, 0.4) is 0 Å². The number of aromatic nitrogens is 1. The van der Waals surface area contributed by atoms with Gasteiger partial charge in [-0.2, -0.15) is 0 Å². The molecular formula is C16H20N2S. The molecule has 2 aliphatic rings. The first-order chi connectivity index (χ1) is 9.40. The van der Waals surface area contributed by atoms with Crippen molar-refractivity contribution in [2.45, 2.75) is 38.1 Å². The summed E-state index contributed by atoms with van der Waals surface area (Å²) in [6.07, 6.45) is 6.89. The molecule has 0 radical (unpaired) electrons. The number of rotatable bonds is 6. The zero-order chi connectivity index (χ0) is 12.7. The van der Waals surface area contributed by atoms with Crippen LogP contribution in [0.2, 0.25) is 0 Å². The number of thiazole rings is 1. The van der Waals surface area contributed by atoms with E-state index in [0.717, 1.165) is 36.4 Å². The molecule has 2 nitrogen and oxygen atoms in total. The van der Waals surface area contributed by atoms with Gasteiger partial charge in [-0.25, -0.2) is 4.98 Å². The monoisotopic (exact) mass is 272 g/mol. The third-order valence-electron chi connectivity index (χ3n) is 4.32. The van der Waals surface area contributed by atoms with Gasteiger partial charge in [-0.05, 0) is 49.7 Å². The van der Waals surface area contributed by atoms with Crippen LogP contribution in [0.25, 0.3) is 10.2 Å². The van der Waals surface area contributed by atoms with Crippen LogP contribution < -0.4 is 5.32 Å². The molecule has 100 valence electrons. The Labute approximate surface area is 118 Å². The summed E-state index contributed by atoms with van der Waals surface area (Å²) in [5.74, 6) is 1.98. The lowest BCUT2D eigenvalue weighted by Gasteiger charge is -2.16. The van der Waals surface area contributed by atoms with E-state index in [1.54, 1.807) is 0 Å². The van der Waals surface area contributed by atoms with E-state index in [-0.39, 0.29) is 0 Å². The fourth-order valence-corrected chi connectivity index (χ4v) is 3.97. The Kier molecular flexibility index (Phi) is 3.04. The second kappa shape index (κ2) is 4.88. The van der Waals surface area contributed by atoms with E-state index in [4.69, 9.17) is 4.98 Å². The van der Waals surface area contributed by atoms with Gasteiger partial charge in [-0.3, -0.25) is 0 Å². The first kappa shape index (κ1) is 11.9. The topological polar surface area (TPSA) is 24.9 Å². The molecule has 2 aromatic rings. The Hall–Kier alpha value is -0.930. The smallest absolute Gasteiger partial charge is 0.0951 e. The predicted molar refractivity (Wildman–Crippen MR) is 80.6 cm³/mol. The van der Waals surface area contributed by atoms with Crippen LogP contribution in [0.5, 0.6) is 0 Å². The minimum atomic E-state index is 0.814. The van der Waals surface area contributed by atoms with E-state index >= 15 is 0 Å². The molecule has 0 amide bonds. The van der Waals surface area contributed by atoms with Crippen LogP contribution in [0, 0.1) is 11.8 Å². The molecule has 4 rings (SSSR count). The van der Waals surface area contributed by atoms with E-state index in [1.807, 2.05) is 11.3 Å². The fraction of sp³-hybridized carbons (Fsp3) is 0.562. The van der Waals surface area contributed by atoms with Crippen LogP contribution in [-0.2, 0) is 6.42 Å². The Morgan fingerprint density at radius 1 is 1.16 bits per heavy atom. The largest absolute Gasteiger partial charge is 0.313 e. The lowest BCUT2D eigenvalue weighted by Crippen LogP contribution is -2.34. The molecule has 1 heterocycles. The van der Waals surface area contributed by atoms with E-state index < -0.39 is 0 Å². The minimum absolute atomic E-state index is 0.814. The highest BCUT2D eigenvalue weighted by atomic mass is 32.1. The quantitative estimate of drug-likeness (QED) is 0.869. The number of fused-ring (bicyclic) bond motifs is 1. The third-order valence-corrected chi connectivity index (χ3v) is 5.41. The molecule has 1 N–H and O–H groups in total. The van der Waals surface area contributed by atoms with Crippen LogP contribution >= 0.6 is 11.3 Å². The maximum atomic E-state index is 4.71. The molecule has 0 saturated heterocycles. The molecule has 0 spiro atoms. The molecule has 3 heteroatoms. The number of hydrogen-bond acceptors (Lipinski definition) is 3. The van der Waals surface area contributed by atoms with Gasteiger partial charge in [0, 0.05) is 19.0 Å². The van der Waals surface area contributed by atoms with Gasteiger partial charge in [0.25, 0.3) is 0 Å². The summed E-state index contributed by atoms with van der Waals surface area (Å²) in [6.45, 7) is 1.09. The highest BCUT2D eigenvalue weighted by Gasteiger charge is 2.40. The minimum Gasteiger partial charge on any atom is -0.313 e. The van der Waals surface area contributed by atoms with Crippen molar-refractivity contribution in [1.82, 2.24) is 10.3 Å². The van der Waals surface area contributed by atoms with Crippen LogP contribution in [-0.4, -0.2) is 17.6 Å². The third kappa shape index (κ3) is 2.67. The van der Waals surface area contributed by atoms with Crippen molar-refractivity contribution in [1.29, 1.82) is 0 Å². The van der Waals surface area contributed by atoms with Gasteiger partial charge in [0.1, 0.15) is 0 Å². The van der Waals surface area contributed by atoms with E-state index in [2.05, 4.69) is 29.6 Å². The lowest BCUT2D eigenvalue weighted by atomic mass is 10.1. The summed E-state index contributed by atoms with van der Waals surface area (Å²) in [6, 6.07) is 9.26. The van der Waals surface area contributed by atoms with Gasteiger partial charge in [0.05, 0.1) is 15.2 Å². The van der Waals surface area contributed by atoms with Crippen molar-refractivity contribution in [3.63, 3.8) is 0 Å². The maximum absolute atomic E-state index is 4.71. The van der Waals surface area contributed by atoms with Gasteiger partial charge in [-0.15, -0.1) is 11.3 Å². The Morgan fingerprint density at radius 2 is 1.89 bits per heavy atom. The molecule has 2 saturated carbocycles. The second-order valence-electron chi connectivity index (χ2n) is 5.98. The van der Waals surface area contributed by atoms with Gasteiger partial charge in [0.15, 0.2) is 0 Å². The molecule has 1 aromatic heterocycles. The van der Waals surface area contributed by atoms with Gasteiger partial charge < -0.3 is 5.32 Å². The number of benzene rings is 1. The molecule has 2 aliphatic carbocycles. The van der Waals surface area contributed by atoms with Gasteiger partial charge in [0.2, 0.25) is 0 Å². The fourth-order valence-electron chi connectivity index (χ4n) is 3.00. The van der Waals surface area contributed by atoms with E-state index in [1.165, 1.54) is 35.4 Å². The van der Waals surface area contributed by atoms with E-state index in [0.29, 0.717) is 0 Å². The molecule has 0 unspecified atom stereocenters. The summed E-state index contributed by atoms with van der Waals surface area (Å²) in [5, 5.41) is 5.08. The Morgan fingerprint density at radius 3 is 2.58 bits per heavy atom. The number of nitrogens with zero attached hydrogens (tertiary/aromatic N) is 1. The number of para-hydroxylation sites is 1. The molecule has 2 fully saturated rings. The second-order valence-corrected chi connectivity index (χ2v) is 7.10. The van der Waals surface area contributed by atoms with Crippen LogP contribution in [0.15, 0.2) is 24.3 Å². The molecule has 1 aromatic carbocycles. The SMILES string of the molecule is c1ccc2sc(CCNC(C3CC3)C3CC3)nc2c1. The maximum Gasteiger partial charge on any atom is 0.0951 e. The van der Waals surface area contributed by atoms with Gasteiger partial charge >= 0.3 is 0 Å². The standard InChI is InChI=1S/C16H20N2S/c1-2-4-14-13(3-1)18-15(19-14)9-10-17-16(11-5-6-11)12-7-8-12/h1-4,11-12,16-17H,5-10H2. The van der Waals surface area contributed by atoms with Crippen molar-refractivity contribution in [3.05, 3.63) is 29.3 Å². The summed E-state index contributed by atoms with van der Waals surface area (Å²) < 4.78 is 1.32. The summed E-state index contributed by atoms with van der Waals surface area (Å²) in [7, 11) is 0. The molecule has 19 heavy (non-hydrogen) atoms. The average Bonchev–Trinajstić information content (AvgIpc) is 3.32. The lowest BCUT2D eigenvalue weighted by molar-refractivity contribution is 0.420.